The Morgan fingerprint density at radius 3 is 2.38 bits per heavy atom. The molecule has 1 saturated carbocycles. The van der Waals surface area contributed by atoms with Crippen LogP contribution in [-0.2, 0) is 16.4 Å². The van der Waals surface area contributed by atoms with Crippen molar-refractivity contribution in [3.05, 3.63) is 99.8 Å². The Bertz CT molecular complexity index is 1450. The quantitative estimate of drug-likeness (QED) is 0.306. The average Bonchev–Trinajstić information content (AvgIpc) is 3.63. The molecular weight excluding hydrogens is 508 g/mol. The second-order valence-electron chi connectivity index (χ2n) is 8.89. The molecule has 1 atom stereocenters. The molecule has 1 amide bonds. The van der Waals surface area contributed by atoms with Crippen LogP contribution in [0.1, 0.15) is 41.5 Å². The number of carbonyl (C=O) groups excluding carboxylic acids is 1. The minimum Gasteiger partial charge on any atom is -0.369 e. The number of halogens is 5. The number of aliphatic hydroxyl groups is 1. The van der Waals surface area contributed by atoms with E-state index in [0.717, 1.165) is 12.1 Å². The molecule has 0 heterocycles. The summed E-state index contributed by atoms with van der Waals surface area (Å²) in [5.41, 5.74) is -4.02. The summed E-state index contributed by atoms with van der Waals surface area (Å²) in [5.74, 6) is 3.47. The predicted molar refractivity (Wildman–Crippen MR) is 130 cm³/mol. The van der Waals surface area contributed by atoms with E-state index >= 15 is 0 Å². The number of nitrogens with one attached hydrogen (secondary N) is 1. The van der Waals surface area contributed by atoms with Crippen LogP contribution in [0.2, 0.25) is 5.02 Å². The van der Waals surface area contributed by atoms with Gasteiger partial charge < -0.3 is 10.4 Å². The Morgan fingerprint density at radius 2 is 1.78 bits per heavy atom. The SMILES string of the molecule is N#Cc1ccc(NC(=O)C(O)(C#Cc2ccccc2)CC2(c3cc(C(F)(F)F)ccc3F)CC2)cc1Cl. The van der Waals surface area contributed by atoms with Crippen molar-refractivity contribution in [2.45, 2.75) is 36.5 Å². The summed E-state index contributed by atoms with van der Waals surface area (Å²) in [4.78, 5) is 13.3. The summed E-state index contributed by atoms with van der Waals surface area (Å²) in [6.45, 7) is 0. The maximum absolute atomic E-state index is 14.8. The van der Waals surface area contributed by atoms with E-state index in [2.05, 4.69) is 17.2 Å². The highest BCUT2D eigenvalue weighted by molar-refractivity contribution is 6.32. The van der Waals surface area contributed by atoms with E-state index in [0.29, 0.717) is 11.6 Å². The Morgan fingerprint density at radius 1 is 1.08 bits per heavy atom. The molecule has 3 aromatic rings. The highest BCUT2D eigenvalue weighted by atomic mass is 35.5. The van der Waals surface area contributed by atoms with Crippen LogP contribution >= 0.6 is 11.6 Å². The van der Waals surface area contributed by atoms with E-state index in [1.807, 2.05) is 6.07 Å². The summed E-state index contributed by atoms with van der Waals surface area (Å²) in [6, 6.07) is 16.6. The van der Waals surface area contributed by atoms with Crippen molar-refractivity contribution in [1.29, 1.82) is 5.26 Å². The van der Waals surface area contributed by atoms with Crippen molar-refractivity contribution < 1.29 is 27.5 Å². The lowest BCUT2D eigenvalue weighted by atomic mass is 9.81. The smallest absolute Gasteiger partial charge is 0.369 e. The summed E-state index contributed by atoms with van der Waals surface area (Å²) >= 11 is 6.04. The molecule has 4 nitrogen and oxygen atoms in total. The van der Waals surface area contributed by atoms with E-state index in [1.54, 1.807) is 30.3 Å². The van der Waals surface area contributed by atoms with Gasteiger partial charge in [0.05, 0.1) is 16.1 Å². The minimum atomic E-state index is -4.69. The number of anilines is 1. The maximum atomic E-state index is 14.8. The van der Waals surface area contributed by atoms with Gasteiger partial charge in [-0.05, 0) is 66.9 Å². The zero-order valence-corrected chi connectivity index (χ0v) is 19.9. The third kappa shape index (κ3) is 5.77. The molecule has 4 rings (SSSR count). The summed E-state index contributed by atoms with van der Waals surface area (Å²) < 4.78 is 54.7. The number of amides is 1. The fourth-order valence-electron chi connectivity index (χ4n) is 4.09. The number of alkyl halides is 3. The summed E-state index contributed by atoms with van der Waals surface area (Å²) in [5, 5.41) is 23.1. The number of nitriles is 1. The van der Waals surface area contributed by atoms with Crippen LogP contribution in [0.15, 0.2) is 66.7 Å². The lowest BCUT2D eigenvalue weighted by Gasteiger charge is -2.28. The Kier molecular flexibility index (Phi) is 7.01. The maximum Gasteiger partial charge on any atom is 0.416 e. The Labute approximate surface area is 215 Å². The molecule has 0 bridgehead atoms. The third-order valence-electron chi connectivity index (χ3n) is 6.22. The fourth-order valence-corrected chi connectivity index (χ4v) is 4.31. The molecule has 3 aromatic carbocycles. The molecule has 1 unspecified atom stereocenters. The van der Waals surface area contributed by atoms with Crippen molar-refractivity contribution in [1.82, 2.24) is 0 Å². The minimum absolute atomic E-state index is 0.0731. The third-order valence-corrected chi connectivity index (χ3v) is 6.54. The van der Waals surface area contributed by atoms with Gasteiger partial charge in [0, 0.05) is 23.1 Å². The molecule has 9 heteroatoms. The van der Waals surface area contributed by atoms with Crippen molar-refractivity contribution in [3.63, 3.8) is 0 Å². The van der Waals surface area contributed by atoms with E-state index in [1.165, 1.54) is 18.2 Å². The van der Waals surface area contributed by atoms with Crippen LogP contribution in [0.25, 0.3) is 0 Å². The number of nitrogens with zero attached hydrogens (tertiary/aromatic N) is 1. The van der Waals surface area contributed by atoms with Gasteiger partial charge in [-0.2, -0.15) is 18.4 Å². The molecule has 0 spiro atoms. The number of hydrogen-bond donors (Lipinski definition) is 2. The molecule has 1 aliphatic carbocycles. The van der Waals surface area contributed by atoms with Crippen LogP contribution in [0.5, 0.6) is 0 Å². The monoisotopic (exact) mass is 526 g/mol. The molecule has 0 saturated heterocycles. The van der Waals surface area contributed by atoms with E-state index in [4.69, 9.17) is 16.9 Å². The molecule has 188 valence electrons. The van der Waals surface area contributed by atoms with Crippen molar-refractivity contribution >= 4 is 23.2 Å². The second kappa shape index (κ2) is 9.89. The molecule has 1 aliphatic rings. The number of benzene rings is 3. The fraction of sp³-hybridized carbons (Fsp3) is 0.214. The first-order valence-electron chi connectivity index (χ1n) is 11.1. The normalized spacial score (nSPS) is 15.5. The lowest BCUT2D eigenvalue weighted by molar-refractivity contribution is -0.137. The molecular formula is C28H19ClF4N2O2. The van der Waals surface area contributed by atoms with E-state index in [9.17, 15) is 27.5 Å². The zero-order chi connectivity index (χ0) is 26.8. The lowest BCUT2D eigenvalue weighted by Crippen LogP contribution is -2.44. The van der Waals surface area contributed by atoms with Gasteiger partial charge in [0.15, 0.2) is 0 Å². The van der Waals surface area contributed by atoms with Gasteiger partial charge in [0.25, 0.3) is 5.91 Å². The van der Waals surface area contributed by atoms with Gasteiger partial charge in [-0.1, -0.05) is 41.6 Å². The van der Waals surface area contributed by atoms with Crippen LogP contribution in [0.3, 0.4) is 0 Å². The van der Waals surface area contributed by atoms with Crippen LogP contribution in [0.4, 0.5) is 23.2 Å². The predicted octanol–water partition coefficient (Wildman–Crippen LogP) is 6.21. The second-order valence-corrected chi connectivity index (χ2v) is 9.29. The highest BCUT2D eigenvalue weighted by Crippen LogP contribution is 2.55. The highest BCUT2D eigenvalue weighted by Gasteiger charge is 2.53. The summed E-state index contributed by atoms with van der Waals surface area (Å²) in [7, 11) is 0. The first-order chi connectivity index (χ1) is 17.5. The molecule has 0 aromatic heterocycles. The first-order valence-corrected chi connectivity index (χ1v) is 11.5. The van der Waals surface area contributed by atoms with Gasteiger partial charge in [0.2, 0.25) is 5.60 Å². The molecule has 0 radical (unpaired) electrons. The standard InChI is InChI=1S/C28H19ClF4N2O2/c29-23-15-21(8-6-19(23)16-34)35-25(36)27(37,11-10-18-4-2-1-3-5-18)17-26(12-13-26)22-14-20(28(31,32)33)7-9-24(22)30/h1-9,14-15,37H,12-13,17H2,(H,35,36). The number of rotatable bonds is 5. The molecule has 37 heavy (non-hydrogen) atoms. The van der Waals surface area contributed by atoms with Crippen molar-refractivity contribution in [3.8, 4) is 17.9 Å². The Balaban J connectivity index is 1.72. The van der Waals surface area contributed by atoms with E-state index < -0.39 is 40.9 Å². The molecule has 1 fully saturated rings. The van der Waals surface area contributed by atoms with Gasteiger partial charge in [-0.3, -0.25) is 4.79 Å². The van der Waals surface area contributed by atoms with Gasteiger partial charge in [-0.25, -0.2) is 4.39 Å². The van der Waals surface area contributed by atoms with Crippen LogP contribution in [-0.4, -0.2) is 16.6 Å². The Hall–Kier alpha value is -3.85. The average molecular weight is 527 g/mol. The van der Waals surface area contributed by atoms with Gasteiger partial charge >= 0.3 is 6.18 Å². The number of carbonyl (C=O) groups is 1. The number of hydrogen-bond acceptors (Lipinski definition) is 3. The topological polar surface area (TPSA) is 73.1 Å². The van der Waals surface area contributed by atoms with Crippen molar-refractivity contribution in [2.75, 3.05) is 5.32 Å². The van der Waals surface area contributed by atoms with Crippen molar-refractivity contribution in [2.24, 2.45) is 0 Å². The van der Waals surface area contributed by atoms with Crippen LogP contribution in [0, 0.1) is 29.0 Å². The van der Waals surface area contributed by atoms with E-state index in [-0.39, 0.29) is 34.7 Å². The zero-order valence-electron chi connectivity index (χ0n) is 19.2. The largest absolute Gasteiger partial charge is 0.416 e. The van der Waals surface area contributed by atoms with Gasteiger partial charge in [-0.15, -0.1) is 0 Å². The summed E-state index contributed by atoms with van der Waals surface area (Å²) in [6.07, 6.45) is -4.60. The molecule has 0 aliphatic heterocycles. The van der Waals surface area contributed by atoms with Crippen LogP contribution < -0.4 is 5.32 Å². The van der Waals surface area contributed by atoms with Gasteiger partial charge in [0.1, 0.15) is 11.9 Å². The first kappa shape index (κ1) is 26.2. The molecule has 2 N–H and O–H groups in total.